The van der Waals surface area contributed by atoms with E-state index < -0.39 is 0 Å². The maximum atomic E-state index is 6.14. The quantitative estimate of drug-likeness (QED) is 0.817. The largest absolute Gasteiger partial charge is 0.487 e. The number of halogens is 2. The molecule has 0 amide bonds. The highest BCUT2D eigenvalue weighted by molar-refractivity contribution is 6.42. The molecule has 0 N–H and O–H groups in total. The molecule has 0 spiro atoms. The summed E-state index contributed by atoms with van der Waals surface area (Å²) in [5.41, 5.74) is 0. The number of ether oxygens (including phenoxy) is 1. The zero-order valence-electron chi connectivity index (χ0n) is 9.53. The zero-order valence-corrected chi connectivity index (χ0v) is 11.0. The van der Waals surface area contributed by atoms with Gasteiger partial charge in [0, 0.05) is 6.54 Å². The van der Waals surface area contributed by atoms with E-state index in [9.17, 15) is 0 Å². The molecule has 3 aliphatic rings. The van der Waals surface area contributed by atoms with Crippen molar-refractivity contribution in [3.8, 4) is 5.75 Å². The van der Waals surface area contributed by atoms with Gasteiger partial charge in [0.15, 0.2) is 0 Å². The predicted octanol–water partition coefficient (Wildman–Crippen LogP) is 3.47. The van der Waals surface area contributed by atoms with E-state index in [2.05, 4.69) is 4.90 Å². The molecule has 3 saturated heterocycles. The fourth-order valence-electron chi connectivity index (χ4n) is 2.78. The Kier molecular flexibility index (Phi) is 3.20. The van der Waals surface area contributed by atoms with Crippen molar-refractivity contribution in [1.82, 2.24) is 4.90 Å². The summed E-state index contributed by atoms with van der Waals surface area (Å²) in [6.45, 7) is 3.45. The van der Waals surface area contributed by atoms with Crippen molar-refractivity contribution in [2.75, 3.05) is 19.6 Å². The molecule has 1 aromatic rings. The second-order valence-electron chi connectivity index (χ2n) is 4.85. The van der Waals surface area contributed by atoms with E-state index in [0.29, 0.717) is 16.0 Å². The van der Waals surface area contributed by atoms with Gasteiger partial charge in [-0.2, -0.15) is 0 Å². The third-order valence-corrected chi connectivity index (χ3v) is 4.59. The molecule has 1 unspecified atom stereocenters. The van der Waals surface area contributed by atoms with Crippen molar-refractivity contribution < 1.29 is 4.74 Å². The highest BCUT2D eigenvalue weighted by atomic mass is 35.5. The molecule has 92 valence electrons. The summed E-state index contributed by atoms with van der Waals surface area (Å²) in [6, 6.07) is 5.56. The van der Waals surface area contributed by atoms with E-state index in [1.807, 2.05) is 12.1 Å². The van der Waals surface area contributed by atoms with E-state index in [1.54, 1.807) is 6.07 Å². The maximum Gasteiger partial charge on any atom is 0.139 e. The molecule has 2 bridgehead atoms. The average molecular weight is 272 g/mol. The van der Waals surface area contributed by atoms with Crippen LogP contribution in [-0.4, -0.2) is 30.6 Å². The van der Waals surface area contributed by atoms with Gasteiger partial charge in [-0.15, -0.1) is 0 Å². The van der Waals surface area contributed by atoms with E-state index in [0.717, 1.165) is 12.3 Å². The molecule has 0 saturated carbocycles. The monoisotopic (exact) mass is 271 g/mol. The van der Waals surface area contributed by atoms with Crippen LogP contribution in [0.4, 0.5) is 0 Å². The van der Waals surface area contributed by atoms with E-state index in [4.69, 9.17) is 27.9 Å². The van der Waals surface area contributed by atoms with Gasteiger partial charge in [0.2, 0.25) is 0 Å². The number of rotatable bonds is 2. The Morgan fingerprint density at radius 2 is 1.94 bits per heavy atom. The molecule has 3 fully saturated rings. The SMILES string of the molecule is Clc1cccc(OC2CN3CCC2CC3)c1Cl. The van der Waals surface area contributed by atoms with Crippen molar-refractivity contribution >= 4 is 23.2 Å². The van der Waals surface area contributed by atoms with Gasteiger partial charge in [0.1, 0.15) is 16.9 Å². The Hall–Kier alpha value is -0.440. The lowest BCUT2D eigenvalue weighted by molar-refractivity contribution is -0.00770. The second kappa shape index (κ2) is 4.68. The van der Waals surface area contributed by atoms with Crippen LogP contribution in [0.5, 0.6) is 5.75 Å². The molecule has 0 radical (unpaired) electrons. The molecule has 17 heavy (non-hydrogen) atoms. The van der Waals surface area contributed by atoms with Crippen LogP contribution in [-0.2, 0) is 0 Å². The van der Waals surface area contributed by atoms with Gasteiger partial charge < -0.3 is 4.74 Å². The smallest absolute Gasteiger partial charge is 0.139 e. The van der Waals surface area contributed by atoms with E-state index in [1.165, 1.54) is 25.9 Å². The lowest BCUT2D eigenvalue weighted by Crippen LogP contribution is -2.52. The Morgan fingerprint density at radius 1 is 1.18 bits per heavy atom. The fraction of sp³-hybridized carbons (Fsp3) is 0.538. The molecule has 4 rings (SSSR count). The van der Waals surface area contributed by atoms with E-state index >= 15 is 0 Å². The summed E-state index contributed by atoms with van der Waals surface area (Å²) in [4.78, 5) is 2.46. The van der Waals surface area contributed by atoms with Crippen molar-refractivity contribution in [3.63, 3.8) is 0 Å². The van der Waals surface area contributed by atoms with Gasteiger partial charge >= 0.3 is 0 Å². The summed E-state index contributed by atoms with van der Waals surface area (Å²) in [7, 11) is 0. The van der Waals surface area contributed by atoms with Gasteiger partial charge in [-0.1, -0.05) is 29.3 Å². The first-order chi connectivity index (χ1) is 8.24. The van der Waals surface area contributed by atoms with Crippen LogP contribution in [0.3, 0.4) is 0 Å². The number of benzene rings is 1. The Labute approximate surface area is 111 Å². The van der Waals surface area contributed by atoms with Crippen molar-refractivity contribution in [2.24, 2.45) is 5.92 Å². The van der Waals surface area contributed by atoms with Crippen molar-refractivity contribution in [3.05, 3.63) is 28.2 Å². The molecular formula is C13H15Cl2NO. The highest BCUT2D eigenvalue weighted by Gasteiger charge is 2.35. The van der Waals surface area contributed by atoms with Crippen LogP contribution < -0.4 is 4.74 Å². The molecule has 1 aromatic carbocycles. The van der Waals surface area contributed by atoms with Crippen molar-refractivity contribution in [1.29, 1.82) is 0 Å². The lowest BCUT2D eigenvalue weighted by atomic mass is 9.86. The van der Waals surface area contributed by atoms with Crippen LogP contribution >= 0.6 is 23.2 Å². The van der Waals surface area contributed by atoms with Crippen molar-refractivity contribution in [2.45, 2.75) is 18.9 Å². The molecule has 2 nitrogen and oxygen atoms in total. The Balaban J connectivity index is 1.76. The van der Waals surface area contributed by atoms with Gasteiger partial charge in [0.05, 0.1) is 5.02 Å². The van der Waals surface area contributed by atoms with Crippen LogP contribution in [0.2, 0.25) is 10.0 Å². The number of hydrogen-bond acceptors (Lipinski definition) is 2. The summed E-state index contributed by atoms with van der Waals surface area (Å²) in [6.07, 6.45) is 2.75. The first-order valence-corrected chi connectivity index (χ1v) is 6.82. The number of piperidine rings is 3. The third kappa shape index (κ3) is 2.26. The minimum Gasteiger partial charge on any atom is -0.487 e. The van der Waals surface area contributed by atoms with Gasteiger partial charge in [-0.05, 0) is 44.0 Å². The van der Waals surface area contributed by atoms with Crippen LogP contribution in [0.1, 0.15) is 12.8 Å². The molecule has 3 heterocycles. The van der Waals surface area contributed by atoms with Gasteiger partial charge in [-0.25, -0.2) is 0 Å². The fourth-order valence-corrected chi connectivity index (χ4v) is 3.12. The summed E-state index contributed by atoms with van der Waals surface area (Å²) >= 11 is 12.1. The average Bonchev–Trinajstić information content (AvgIpc) is 2.36. The van der Waals surface area contributed by atoms with Gasteiger partial charge in [-0.3, -0.25) is 4.90 Å². The van der Waals surface area contributed by atoms with Gasteiger partial charge in [0.25, 0.3) is 0 Å². The molecule has 3 aliphatic heterocycles. The second-order valence-corrected chi connectivity index (χ2v) is 5.63. The molecular weight excluding hydrogens is 257 g/mol. The predicted molar refractivity (Wildman–Crippen MR) is 70.0 cm³/mol. The normalized spacial score (nSPS) is 31.5. The number of nitrogens with zero attached hydrogens (tertiary/aromatic N) is 1. The Bertz CT molecular complexity index is 416. The zero-order chi connectivity index (χ0) is 11.8. The molecule has 0 aromatic heterocycles. The highest BCUT2D eigenvalue weighted by Crippen LogP contribution is 2.36. The number of hydrogen-bond donors (Lipinski definition) is 0. The van der Waals surface area contributed by atoms with Crippen LogP contribution in [0.15, 0.2) is 18.2 Å². The summed E-state index contributed by atoms with van der Waals surface area (Å²) < 4.78 is 6.04. The topological polar surface area (TPSA) is 12.5 Å². The Morgan fingerprint density at radius 3 is 2.59 bits per heavy atom. The first kappa shape index (κ1) is 11.6. The first-order valence-electron chi connectivity index (χ1n) is 6.07. The minimum absolute atomic E-state index is 0.272. The minimum atomic E-state index is 0.272. The van der Waals surface area contributed by atoms with Crippen LogP contribution in [0.25, 0.3) is 0 Å². The standard InChI is InChI=1S/C13H15Cl2NO/c14-10-2-1-3-11(13(10)15)17-12-8-16-6-4-9(12)5-7-16/h1-3,9,12H,4-8H2. The third-order valence-electron chi connectivity index (χ3n) is 3.79. The molecule has 4 heteroatoms. The maximum absolute atomic E-state index is 6.14. The molecule has 1 atom stereocenters. The van der Waals surface area contributed by atoms with E-state index in [-0.39, 0.29) is 6.10 Å². The lowest BCUT2D eigenvalue weighted by Gasteiger charge is -2.44. The summed E-state index contributed by atoms with van der Waals surface area (Å²) in [5.74, 6) is 1.40. The number of fused-ring (bicyclic) bond motifs is 3. The van der Waals surface area contributed by atoms with Crippen LogP contribution in [0, 0.1) is 5.92 Å². The summed E-state index contributed by atoms with van der Waals surface area (Å²) in [5, 5.41) is 1.09. The molecule has 0 aliphatic carbocycles.